The van der Waals surface area contributed by atoms with Crippen LogP contribution in [0, 0.1) is 17.3 Å². The first-order valence-corrected chi connectivity index (χ1v) is 9.31. The Kier molecular flexibility index (Phi) is 3.87. The Hall–Kier alpha value is -1.56. The largest absolute Gasteiger partial charge is 0.457 e. The van der Waals surface area contributed by atoms with Crippen LogP contribution >= 0.6 is 11.6 Å². The molecule has 4 bridgehead atoms. The summed E-state index contributed by atoms with van der Waals surface area (Å²) in [7, 11) is 1.80. The summed E-state index contributed by atoms with van der Waals surface area (Å²) >= 11 is 5.99. The third kappa shape index (κ3) is 2.84. The first-order chi connectivity index (χ1) is 11.8. The smallest absolute Gasteiger partial charge is 0.312 e. The molecule has 0 spiro atoms. The molecule has 4 fully saturated rings. The van der Waals surface area contributed by atoms with Crippen molar-refractivity contribution < 1.29 is 14.3 Å². The van der Waals surface area contributed by atoms with E-state index in [4.69, 9.17) is 16.3 Å². The highest BCUT2D eigenvalue weighted by Crippen LogP contribution is 2.62. The van der Waals surface area contributed by atoms with Crippen LogP contribution in [0.5, 0.6) is 0 Å². The molecule has 2 unspecified atom stereocenters. The molecule has 1 N–H and O–H groups in total. The minimum atomic E-state index is -0.457. The van der Waals surface area contributed by atoms with Crippen molar-refractivity contribution >= 4 is 23.5 Å². The fraction of sp³-hybridized carbons (Fsp3) is 0.722. The Morgan fingerprint density at radius 2 is 2.04 bits per heavy atom. The normalized spacial score (nSPS) is 35.6. The standard InChI is InChI=1S/C18H24ClN3O3/c1-11(23)21-18-6-12-3-13(7-18)5-17(4-12,10-18)16(24)25-9-15-20-8-14(19)22(15)2/h8,12-13H,3-7,9-10H2,1-2H3,(H,21,23)/t12-,13+,17?,18?. The number of carbonyl (C=O) groups excluding carboxylic acids is 2. The quantitative estimate of drug-likeness (QED) is 0.832. The maximum Gasteiger partial charge on any atom is 0.312 e. The molecule has 6 nitrogen and oxygen atoms in total. The van der Waals surface area contributed by atoms with Gasteiger partial charge in [-0.1, -0.05) is 11.6 Å². The van der Waals surface area contributed by atoms with E-state index in [1.165, 1.54) is 6.42 Å². The Morgan fingerprint density at radius 3 is 2.60 bits per heavy atom. The van der Waals surface area contributed by atoms with Crippen molar-refractivity contribution in [2.24, 2.45) is 24.3 Å². The van der Waals surface area contributed by atoms with E-state index in [2.05, 4.69) is 10.3 Å². The molecule has 0 radical (unpaired) electrons. The van der Waals surface area contributed by atoms with Gasteiger partial charge in [0.1, 0.15) is 17.6 Å². The second kappa shape index (κ2) is 5.73. The van der Waals surface area contributed by atoms with E-state index < -0.39 is 5.41 Å². The maximum atomic E-state index is 13.0. The zero-order valence-corrected chi connectivity index (χ0v) is 15.4. The number of nitrogens with zero attached hydrogens (tertiary/aromatic N) is 2. The molecular weight excluding hydrogens is 342 g/mol. The minimum absolute atomic E-state index is 0.00637. The van der Waals surface area contributed by atoms with Gasteiger partial charge in [-0.05, 0) is 50.4 Å². The van der Waals surface area contributed by atoms with Gasteiger partial charge in [-0.3, -0.25) is 9.59 Å². The summed E-state index contributed by atoms with van der Waals surface area (Å²) in [6.07, 6.45) is 7.18. The van der Waals surface area contributed by atoms with E-state index in [-0.39, 0.29) is 24.0 Å². The first-order valence-electron chi connectivity index (χ1n) is 8.93. The summed E-state index contributed by atoms with van der Waals surface area (Å²) in [6.45, 7) is 1.70. The lowest BCUT2D eigenvalue weighted by Gasteiger charge is -2.60. The summed E-state index contributed by atoms with van der Waals surface area (Å²) in [6, 6.07) is 0. The van der Waals surface area contributed by atoms with Crippen molar-refractivity contribution in [2.75, 3.05) is 0 Å². The van der Waals surface area contributed by atoms with Crippen molar-refractivity contribution in [3.05, 3.63) is 17.2 Å². The SMILES string of the molecule is CC(=O)NC12C[C@H]3C[C@@H](C1)CC(C(=O)OCc1ncc(Cl)n1C)(C3)C2. The van der Waals surface area contributed by atoms with Gasteiger partial charge in [0, 0.05) is 19.5 Å². The van der Waals surface area contributed by atoms with Gasteiger partial charge in [0.05, 0.1) is 11.6 Å². The van der Waals surface area contributed by atoms with E-state index in [0.717, 1.165) is 25.7 Å². The molecule has 25 heavy (non-hydrogen) atoms. The molecule has 7 heteroatoms. The molecule has 0 saturated heterocycles. The van der Waals surface area contributed by atoms with Gasteiger partial charge in [-0.2, -0.15) is 0 Å². The fourth-order valence-electron chi connectivity index (χ4n) is 5.86. The van der Waals surface area contributed by atoms with Gasteiger partial charge >= 0.3 is 5.97 Å². The van der Waals surface area contributed by atoms with Crippen molar-refractivity contribution in [3.63, 3.8) is 0 Å². The van der Waals surface area contributed by atoms with Crippen LogP contribution in [-0.2, 0) is 28.0 Å². The molecule has 1 aromatic heterocycles. The lowest BCUT2D eigenvalue weighted by molar-refractivity contribution is -0.177. The predicted octanol–water partition coefficient (Wildman–Crippen LogP) is 2.59. The van der Waals surface area contributed by atoms with E-state index in [1.54, 1.807) is 24.7 Å². The topological polar surface area (TPSA) is 73.2 Å². The highest BCUT2D eigenvalue weighted by molar-refractivity contribution is 6.29. The molecule has 4 aliphatic carbocycles. The number of hydrogen-bond donors (Lipinski definition) is 1. The molecule has 1 amide bonds. The van der Waals surface area contributed by atoms with E-state index >= 15 is 0 Å². The average molecular weight is 366 g/mol. The summed E-state index contributed by atoms with van der Waals surface area (Å²) in [5.74, 6) is 1.50. The van der Waals surface area contributed by atoms with E-state index in [9.17, 15) is 9.59 Å². The van der Waals surface area contributed by atoms with Crippen LogP contribution in [0.25, 0.3) is 0 Å². The van der Waals surface area contributed by atoms with Gasteiger partial charge in [-0.25, -0.2) is 4.98 Å². The maximum absolute atomic E-state index is 13.0. The summed E-state index contributed by atoms with van der Waals surface area (Å²) < 4.78 is 7.38. The molecule has 0 aromatic carbocycles. The third-order valence-corrected chi connectivity index (χ3v) is 6.65. The zero-order valence-electron chi connectivity index (χ0n) is 14.7. The van der Waals surface area contributed by atoms with E-state index in [1.807, 2.05) is 0 Å². The first kappa shape index (κ1) is 16.9. The molecule has 4 saturated carbocycles. The van der Waals surface area contributed by atoms with E-state index in [0.29, 0.717) is 29.2 Å². The highest BCUT2D eigenvalue weighted by Gasteiger charge is 2.61. The highest BCUT2D eigenvalue weighted by atomic mass is 35.5. The average Bonchev–Trinajstić information content (AvgIpc) is 2.81. The summed E-state index contributed by atoms with van der Waals surface area (Å²) in [4.78, 5) is 28.9. The van der Waals surface area contributed by atoms with Crippen molar-refractivity contribution in [1.29, 1.82) is 0 Å². The number of imidazole rings is 1. The Balaban J connectivity index is 1.51. The minimum Gasteiger partial charge on any atom is -0.457 e. The van der Waals surface area contributed by atoms with Crippen LogP contribution in [0.1, 0.15) is 51.3 Å². The monoisotopic (exact) mass is 365 g/mol. The Morgan fingerprint density at radius 1 is 1.36 bits per heavy atom. The van der Waals surface area contributed by atoms with Crippen molar-refractivity contribution in [2.45, 2.75) is 57.6 Å². The number of rotatable bonds is 4. The molecule has 4 atom stereocenters. The fourth-order valence-corrected chi connectivity index (χ4v) is 6.01. The summed E-state index contributed by atoms with van der Waals surface area (Å²) in [5, 5.41) is 3.69. The summed E-state index contributed by atoms with van der Waals surface area (Å²) in [5.41, 5.74) is -0.678. The number of hydrogen-bond acceptors (Lipinski definition) is 4. The predicted molar refractivity (Wildman–Crippen MR) is 91.7 cm³/mol. The van der Waals surface area contributed by atoms with Gasteiger partial charge in [-0.15, -0.1) is 0 Å². The number of carbonyl (C=O) groups is 2. The lowest BCUT2D eigenvalue weighted by Crippen LogP contribution is -2.64. The van der Waals surface area contributed by atoms with Gasteiger partial charge in [0.2, 0.25) is 5.91 Å². The number of ether oxygens (including phenoxy) is 1. The molecule has 5 rings (SSSR count). The van der Waals surface area contributed by atoms with Crippen LogP contribution in [0.3, 0.4) is 0 Å². The Bertz CT molecular complexity index is 715. The van der Waals surface area contributed by atoms with Gasteiger partial charge in [0.15, 0.2) is 0 Å². The molecule has 4 aliphatic rings. The number of amides is 1. The second-order valence-corrected chi connectivity index (χ2v) is 8.72. The van der Waals surface area contributed by atoms with Crippen molar-refractivity contribution in [3.8, 4) is 0 Å². The second-order valence-electron chi connectivity index (χ2n) is 8.34. The van der Waals surface area contributed by atoms with Crippen LogP contribution in [-0.4, -0.2) is 27.0 Å². The van der Waals surface area contributed by atoms with Crippen LogP contribution in [0.4, 0.5) is 0 Å². The number of halogens is 1. The van der Waals surface area contributed by atoms with Crippen LogP contribution < -0.4 is 5.32 Å². The number of esters is 1. The number of aromatic nitrogens is 2. The molecular formula is C18H24ClN3O3. The van der Waals surface area contributed by atoms with Crippen LogP contribution in [0.2, 0.25) is 5.15 Å². The molecule has 0 aliphatic heterocycles. The zero-order chi connectivity index (χ0) is 17.8. The Labute approximate surface area is 152 Å². The lowest BCUT2D eigenvalue weighted by atomic mass is 9.47. The van der Waals surface area contributed by atoms with Crippen LogP contribution in [0.15, 0.2) is 6.20 Å². The third-order valence-electron chi connectivity index (χ3n) is 6.30. The van der Waals surface area contributed by atoms with Gasteiger partial charge < -0.3 is 14.6 Å². The molecule has 136 valence electrons. The molecule has 1 aromatic rings. The van der Waals surface area contributed by atoms with Crippen molar-refractivity contribution in [1.82, 2.24) is 14.9 Å². The molecule has 1 heterocycles. The number of nitrogens with one attached hydrogen (secondary N) is 1. The van der Waals surface area contributed by atoms with Gasteiger partial charge in [0.25, 0.3) is 0 Å².